The third kappa shape index (κ3) is 2.41. The second-order valence-electron chi connectivity index (χ2n) is 2.64. The molecule has 0 spiro atoms. The van der Waals surface area contributed by atoms with Gasteiger partial charge in [-0.2, -0.15) is 0 Å². The average molecular weight is 130 g/mol. The highest BCUT2D eigenvalue weighted by atomic mass is 32.1. The molecule has 0 aromatic rings. The largest absolute Gasteiger partial charge is 0.0897 e. The van der Waals surface area contributed by atoms with Crippen LogP contribution in [0.3, 0.4) is 0 Å². The summed E-state index contributed by atoms with van der Waals surface area (Å²) in [6.45, 7) is 8.58. The molecule has 1 unspecified atom stereocenters. The van der Waals surface area contributed by atoms with E-state index in [1.165, 1.54) is 0 Å². The van der Waals surface area contributed by atoms with Crippen molar-refractivity contribution in [3.05, 3.63) is 0 Å². The first-order chi connectivity index (χ1) is 3.55. The second-order valence-corrected chi connectivity index (χ2v) is 3.29. The van der Waals surface area contributed by atoms with Crippen LogP contribution in [-0.4, -0.2) is 4.86 Å². The van der Waals surface area contributed by atoms with E-state index in [2.05, 4.69) is 20.8 Å². The standard InChI is InChI=1S/C7H14S/c1-5(2)6(3)7(4)8/h5-6H,1-4H3. The van der Waals surface area contributed by atoms with Crippen molar-refractivity contribution in [3.8, 4) is 0 Å². The first kappa shape index (κ1) is 8.09. The minimum Gasteiger partial charge on any atom is -0.0897 e. The molecule has 0 saturated heterocycles. The van der Waals surface area contributed by atoms with Crippen LogP contribution >= 0.6 is 12.2 Å². The van der Waals surface area contributed by atoms with Gasteiger partial charge < -0.3 is 0 Å². The third-order valence-electron chi connectivity index (χ3n) is 1.64. The maximum absolute atomic E-state index is 4.99. The molecule has 0 fully saturated rings. The lowest BCUT2D eigenvalue weighted by Gasteiger charge is -2.12. The summed E-state index contributed by atoms with van der Waals surface area (Å²) in [6, 6.07) is 0. The van der Waals surface area contributed by atoms with Gasteiger partial charge in [-0.1, -0.05) is 33.0 Å². The molecule has 0 radical (unpaired) electrons. The van der Waals surface area contributed by atoms with Crippen LogP contribution in [0.15, 0.2) is 0 Å². The van der Waals surface area contributed by atoms with Crippen molar-refractivity contribution in [1.82, 2.24) is 0 Å². The lowest BCUT2D eigenvalue weighted by Crippen LogP contribution is -2.10. The lowest BCUT2D eigenvalue weighted by atomic mass is 9.96. The van der Waals surface area contributed by atoms with Crippen LogP contribution in [0, 0.1) is 11.8 Å². The van der Waals surface area contributed by atoms with Gasteiger partial charge in [0.2, 0.25) is 0 Å². The molecule has 1 heteroatoms. The highest BCUT2D eigenvalue weighted by Crippen LogP contribution is 2.10. The molecule has 48 valence electrons. The van der Waals surface area contributed by atoms with Crippen LogP contribution < -0.4 is 0 Å². The molecule has 0 nitrogen and oxygen atoms in total. The molecule has 0 aliphatic rings. The predicted octanol–water partition coefficient (Wildman–Crippen LogP) is 2.67. The van der Waals surface area contributed by atoms with Gasteiger partial charge in [0.15, 0.2) is 0 Å². The zero-order valence-electron chi connectivity index (χ0n) is 6.06. The molecule has 0 N–H and O–H groups in total. The van der Waals surface area contributed by atoms with Gasteiger partial charge in [0.05, 0.1) is 0 Å². The van der Waals surface area contributed by atoms with E-state index in [-0.39, 0.29) is 0 Å². The van der Waals surface area contributed by atoms with E-state index in [0.29, 0.717) is 11.8 Å². The Morgan fingerprint density at radius 1 is 1.25 bits per heavy atom. The maximum atomic E-state index is 4.99. The van der Waals surface area contributed by atoms with E-state index < -0.39 is 0 Å². The smallest absolute Gasteiger partial charge is 0.00718 e. The number of thiocarbonyl (C=S) groups is 1. The van der Waals surface area contributed by atoms with Gasteiger partial charge in [0, 0.05) is 0 Å². The summed E-state index contributed by atoms with van der Waals surface area (Å²) in [4.78, 5) is 1.13. The summed E-state index contributed by atoms with van der Waals surface area (Å²) in [5.74, 6) is 1.30. The second kappa shape index (κ2) is 3.18. The van der Waals surface area contributed by atoms with Crippen LogP contribution in [0.5, 0.6) is 0 Å². The molecule has 0 amide bonds. The molecule has 8 heavy (non-hydrogen) atoms. The van der Waals surface area contributed by atoms with Crippen molar-refractivity contribution in [2.45, 2.75) is 27.7 Å². The SMILES string of the molecule is CC(=S)C(C)C(C)C. The van der Waals surface area contributed by atoms with Gasteiger partial charge >= 0.3 is 0 Å². The van der Waals surface area contributed by atoms with Gasteiger partial charge in [-0.3, -0.25) is 0 Å². The molecular formula is C7H14S. The summed E-state index contributed by atoms with van der Waals surface area (Å²) in [7, 11) is 0. The van der Waals surface area contributed by atoms with E-state index in [9.17, 15) is 0 Å². The Hall–Kier alpha value is 0.0900. The van der Waals surface area contributed by atoms with Crippen molar-refractivity contribution in [2.75, 3.05) is 0 Å². The summed E-state index contributed by atoms with van der Waals surface area (Å²) in [5, 5.41) is 0. The minimum atomic E-state index is 0.602. The molecule has 0 heterocycles. The van der Waals surface area contributed by atoms with Gasteiger partial charge in [-0.15, -0.1) is 0 Å². The van der Waals surface area contributed by atoms with Gasteiger partial charge in [0.1, 0.15) is 0 Å². The normalized spacial score (nSPS) is 14.1. The van der Waals surface area contributed by atoms with E-state index in [0.717, 1.165) is 4.86 Å². The van der Waals surface area contributed by atoms with E-state index >= 15 is 0 Å². The van der Waals surface area contributed by atoms with Crippen molar-refractivity contribution < 1.29 is 0 Å². The summed E-state index contributed by atoms with van der Waals surface area (Å²) < 4.78 is 0. The highest BCUT2D eigenvalue weighted by Gasteiger charge is 2.06. The topological polar surface area (TPSA) is 0 Å². The van der Waals surface area contributed by atoms with Gasteiger partial charge in [-0.25, -0.2) is 0 Å². The summed E-state index contributed by atoms with van der Waals surface area (Å²) in [5.41, 5.74) is 0. The van der Waals surface area contributed by atoms with Crippen molar-refractivity contribution >= 4 is 17.1 Å². The molecule has 0 aliphatic heterocycles. The molecule has 1 atom stereocenters. The zero-order chi connectivity index (χ0) is 6.73. The fourth-order valence-corrected chi connectivity index (χ4v) is 0.742. The monoisotopic (exact) mass is 130 g/mol. The van der Waals surface area contributed by atoms with Crippen LogP contribution in [0.2, 0.25) is 0 Å². The van der Waals surface area contributed by atoms with Crippen molar-refractivity contribution in [2.24, 2.45) is 11.8 Å². The Morgan fingerprint density at radius 2 is 1.62 bits per heavy atom. The van der Waals surface area contributed by atoms with Crippen LogP contribution in [0.1, 0.15) is 27.7 Å². The lowest BCUT2D eigenvalue weighted by molar-refractivity contribution is 0.536. The van der Waals surface area contributed by atoms with Crippen LogP contribution in [0.25, 0.3) is 0 Å². The Bertz CT molecular complexity index is 84.4. The van der Waals surface area contributed by atoms with Crippen LogP contribution in [0.4, 0.5) is 0 Å². The summed E-state index contributed by atoms with van der Waals surface area (Å²) in [6.07, 6.45) is 0. The third-order valence-corrected chi connectivity index (χ3v) is 2.01. The fourth-order valence-electron chi connectivity index (χ4n) is 0.469. The molecule has 0 rings (SSSR count). The van der Waals surface area contributed by atoms with E-state index in [1.54, 1.807) is 0 Å². The Morgan fingerprint density at radius 3 is 1.62 bits per heavy atom. The predicted molar refractivity (Wildman–Crippen MR) is 42.3 cm³/mol. The maximum Gasteiger partial charge on any atom is -0.00718 e. The van der Waals surface area contributed by atoms with Gasteiger partial charge in [-0.05, 0) is 23.6 Å². The number of rotatable bonds is 2. The molecular weight excluding hydrogens is 116 g/mol. The Balaban J connectivity index is 3.64. The molecule has 0 bridgehead atoms. The first-order valence-corrected chi connectivity index (χ1v) is 3.47. The first-order valence-electron chi connectivity index (χ1n) is 3.06. The van der Waals surface area contributed by atoms with E-state index in [1.807, 2.05) is 6.92 Å². The molecule has 0 aromatic carbocycles. The number of hydrogen-bond donors (Lipinski definition) is 0. The summed E-state index contributed by atoms with van der Waals surface area (Å²) >= 11 is 4.99. The Kier molecular flexibility index (Phi) is 3.22. The Labute approximate surface area is 57.3 Å². The average Bonchev–Trinajstić information content (AvgIpc) is 1.64. The zero-order valence-corrected chi connectivity index (χ0v) is 6.88. The quantitative estimate of drug-likeness (QED) is 0.518. The molecule has 0 saturated carbocycles. The number of hydrogen-bond acceptors (Lipinski definition) is 1. The van der Waals surface area contributed by atoms with Crippen LogP contribution in [-0.2, 0) is 0 Å². The van der Waals surface area contributed by atoms with E-state index in [4.69, 9.17) is 12.2 Å². The molecule has 0 aromatic heterocycles. The highest BCUT2D eigenvalue weighted by molar-refractivity contribution is 7.80. The van der Waals surface area contributed by atoms with Crippen molar-refractivity contribution in [3.63, 3.8) is 0 Å². The van der Waals surface area contributed by atoms with Gasteiger partial charge in [0.25, 0.3) is 0 Å². The fraction of sp³-hybridized carbons (Fsp3) is 0.857. The minimum absolute atomic E-state index is 0.602. The van der Waals surface area contributed by atoms with Crippen molar-refractivity contribution in [1.29, 1.82) is 0 Å². The molecule has 0 aliphatic carbocycles.